The van der Waals surface area contributed by atoms with Crippen LogP contribution in [0, 0.1) is 5.92 Å². The number of fused-ring (bicyclic) bond motifs is 1. The minimum atomic E-state index is -1.20. The van der Waals surface area contributed by atoms with Gasteiger partial charge in [0.05, 0.1) is 5.69 Å². The Balaban J connectivity index is 1.75. The van der Waals surface area contributed by atoms with Gasteiger partial charge in [0.1, 0.15) is 17.9 Å². The van der Waals surface area contributed by atoms with Crippen molar-refractivity contribution in [1.82, 2.24) is 4.98 Å². The number of hydrogen-bond donors (Lipinski definition) is 1. The van der Waals surface area contributed by atoms with E-state index in [2.05, 4.69) is 24.6 Å². The molecule has 4 rings (SSSR count). The molecule has 172 valence electrons. The molecule has 0 radical (unpaired) electrons. The highest BCUT2D eigenvalue weighted by atomic mass is 28.3. The molecular weight excluding hydrogens is 416 g/mol. The van der Waals surface area contributed by atoms with Crippen LogP contribution in [0.2, 0.25) is 25.7 Å². The van der Waals surface area contributed by atoms with Gasteiger partial charge in [0.2, 0.25) is 5.91 Å². The molecule has 1 unspecified atom stereocenters. The van der Waals surface area contributed by atoms with E-state index in [1.807, 2.05) is 29.3 Å². The van der Waals surface area contributed by atoms with E-state index in [0.717, 1.165) is 48.5 Å². The van der Waals surface area contributed by atoms with Gasteiger partial charge in [-0.15, -0.1) is 0 Å². The summed E-state index contributed by atoms with van der Waals surface area (Å²) >= 11 is 0. The minimum absolute atomic E-state index is 0.0890. The van der Waals surface area contributed by atoms with Gasteiger partial charge in [0.25, 0.3) is 0 Å². The average molecular weight is 453 g/mol. The summed E-state index contributed by atoms with van der Waals surface area (Å²) in [6.45, 7) is 7.95. The van der Waals surface area contributed by atoms with Gasteiger partial charge >= 0.3 is 0 Å². The fourth-order valence-electron chi connectivity index (χ4n) is 5.37. The molecule has 1 aliphatic carbocycles. The average Bonchev–Trinajstić information content (AvgIpc) is 2.92. The number of carbonyl (C=O) groups is 1. The third kappa shape index (κ3) is 4.35. The fourth-order valence-corrected chi connectivity index (χ4v) is 6.13. The lowest BCUT2D eigenvalue weighted by Gasteiger charge is -2.37. The standard InChI is InChI=1S/C26H36N2O3Si/c1-32(2,3)17-16-31-19-28-24-14-15-27-18-23(24)26(25(28)30,20-8-6-4-5-7-9-20)21-10-12-22(29)13-11-21/h10-15,18,20,29H,4-9,16-17,19H2,1-3H3. The molecule has 1 N–H and O–H groups in total. The Hall–Kier alpha value is -2.18. The summed E-state index contributed by atoms with van der Waals surface area (Å²) in [7, 11) is -1.20. The molecule has 2 aliphatic rings. The van der Waals surface area contributed by atoms with Crippen molar-refractivity contribution in [2.24, 2.45) is 5.92 Å². The first-order valence-corrected chi connectivity index (χ1v) is 15.7. The number of phenols is 1. The van der Waals surface area contributed by atoms with Crippen molar-refractivity contribution in [3.63, 3.8) is 0 Å². The molecule has 5 nitrogen and oxygen atoms in total. The summed E-state index contributed by atoms with van der Waals surface area (Å²) < 4.78 is 6.06. The van der Waals surface area contributed by atoms with Crippen LogP contribution in [0.25, 0.3) is 0 Å². The number of benzene rings is 1. The molecule has 2 heterocycles. The van der Waals surface area contributed by atoms with Crippen molar-refractivity contribution in [2.75, 3.05) is 18.2 Å². The highest BCUT2D eigenvalue weighted by Crippen LogP contribution is 2.53. The van der Waals surface area contributed by atoms with Crippen molar-refractivity contribution in [1.29, 1.82) is 0 Å². The van der Waals surface area contributed by atoms with Crippen LogP contribution in [0.3, 0.4) is 0 Å². The zero-order valence-corrected chi connectivity index (χ0v) is 20.6. The molecule has 1 fully saturated rings. The molecule has 2 aromatic rings. The van der Waals surface area contributed by atoms with Crippen LogP contribution in [0.4, 0.5) is 5.69 Å². The topological polar surface area (TPSA) is 62.7 Å². The summed E-state index contributed by atoms with van der Waals surface area (Å²) in [4.78, 5) is 20.6. The normalized spacial score (nSPS) is 22.1. The minimum Gasteiger partial charge on any atom is -0.508 e. The molecule has 6 heteroatoms. The largest absolute Gasteiger partial charge is 0.508 e. The smallest absolute Gasteiger partial charge is 0.244 e. The molecule has 0 spiro atoms. The van der Waals surface area contributed by atoms with Gasteiger partial charge in [-0.25, -0.2) is 0 Å². The summed E-state index contributed by atoms with van der Waals surface area (Å²) in [6, 6.07) is 10.3. The molecule has 1 atom stereocenters. The molecule has 1 aromatic heterocycles. The number of nitrogens with zero attached hydrogens (tertiary/aromatic N) is 2. The predicted octanol–water partition coefficient (Wildman–Crippen LogP) is 5.70. The maximum atomic E-state index is 14.3. The second-order valence-electron chi connectivity index (χ2n) is 10.5. The molecule has 1 aromatic carbocycles. The van der Waals surface area contributed by atoms with Gasteiger partial charge in [0, 0.05) is 32.6 Å². The quantitative estimate of drug-likeness (QED) is 0.332. The SMILES string of the molecule is C[Si](C)(C)CCOCN1C(=O)C(c2ccc(O)cc2)(C2CCCCCC2)c2cnccc21. The van der Waals surface area contributed by atoms with Crippen molar-refractivity contribution in [2.45, 2.75) is 69.6 Å². The lowest BCUT2D eigenvalue weighted by atomic mass is 9.64. The lowest BCUT2D eigenvalue weighted by Crippen LogP contribution is -2.47. The summed E-state index contributed by atoms with van der Waals surface area (Å²) in [5.74, 6) is 0.510. The molecule has 1 amide bonds. The van der Waals surface area contributed by atoms with Crippen molar-refractivity contribution in [3.05, 3.63) is 53.9 Å². The zero-order valence-electron chi connectivity index (χ0n) is 19.6. The van der Waals surface area contributed by atoms with E-state index in [1.54, 1.807) is 18.3 Å². The first-order chi connectivity index (χ1) is 15.3. The molecule has 0 bridgehead atoms. The zero-order chi connectivity index (χ0) is 22.8. The van der Waals surface area contributed by atoms with E-state index >= 15 is 0 Å². The Morgan fingerprint density at radius 1 is 1.09 bits per heavy atom. The Bertz CT molecular complexity index is 933. The van der Waals surface area contributed by atoms with Crippen LogP contribution in [0.5, 0.6) is 5.75 Å². The Labute approximate surface area is 192 Å². The van der Waals surface area contributed by atoms with Crippen LogP contribution < -0.4 is 4.90 Å². The van der Waals surface area contributed by atoms with Gasteiger partial charge in [-0.2, -0.15) is 0 Å². The van der Waals surface area contributed by atoms with Crippen LogP contribution in [0.15, 0.2) is 42.7 Å². The Morgan fingerprint density at radius 2 is 1.78 bits per heavy atom. The molecule has 1 aliphatic heterocycles. The summed E-state index contributed by atoms with van der Waals surface area (Å²) in [6.07, 6.45) is 10.4. The van der Waals surface area contributed by atoms with E-state index in [1.165, 1.54) is 12.8 Å². The van der Waals surface area contributed by atoms with Crippen LogP contribution >= 0.6 is 0 Å². The van der Waals surface area contributed by atoms with E-state index < -0.39 is 13.5 Å². The number of rotatable bonds is 7. The van der Waals surface area contributed by atoms with Crippen LogP contribution in [-0.4, -0.2) is 37.4 Å². The monoisotopic (exact) mass is 452 g/mol. The van der Waals surface area contributed by atoms with Crippen LogP contribution in [0.1, 0.15) is 49.7 Å². The number of aromatic nitrogens is 1. The van der Waals surface area contributed by atoms with Crippen molar-refractivity contribution in [3.8, 4) is 5.75 Å². The number of anilines is 1. The number of aromatic hydroxyl groups is 1. The van der Waals surface area contributed by atoms with E-state index in [-0.39, 0.29) is 24.3 Å². The number of ether oxygens (including phenoxy) is 1. The van der Waals surface area contributed by atoms with Crippen molar-refractivity contribution < 1.29 is 14.6 Å². The number of phenolic OH excluding ortho intramolecular Hbond substituents is 1. The van der Waals surface area contributed by atoms with Gasteiger partial charge in [-0.05, 0) is 48.6 Å². The fraction of sp³-hybridized carbons (Fsp3) is 0.538. The first-order valence-electron chi connectivity index (χ1n) is 12.0. The van der Waals surface area contributed by atoms with E-state index in [0.29, 0.717) is 6.61 Å². The lowest BCUT2D eigenvalue weighted by molar-refractivity contribution is -0.124. The predicted molar refractivity (Wildman–Crippen MR) is 131 cm³/mol. The van der Waals surface area contributed by atoms with E-state index in [4.69, 9.17) is 4.74 Å². The Morgan fingerprint density at radius 3 is 2.44 bits per heavy atom. The second-order valence-corrected chi connectivity index (χ2v) is 16.1. The van der Waals surface area contributed by atoms with Crippen LogP contribution in [-0.2, 0) is 14.9 Å². The van der Waals surface area contributed by atoms with Gasteiger partial charge in [-0.3, -0.25) is 14.7 Å². The Kier molecular flexibility index (Phi) is 6.72. The number of amides is 1. The molecule has 0 saturated heterocycles. The van der Waals surface area contributed by atoms with Crippen molar-refractivity contribution >= 4 is 19.7 Å². The summed E-state index contributed by atoms with van der Waals surface area (Å²) in [5.41, 5.74) is 2.07. The summed E-state index contributed by atoms with van der Waals surface area (Å²) in [5, 5.41) is 9.94. The maximum absolute atomic E-state index is 14.3. The van der Waals surface area contributed by atoms with Gasteiger partial charge in [-0.1, -0.05) is 57.5 Å². The van der Waals surface area contributed by atoms with Gasteiger partial charge in [0.15, 0.2) is 0 Å². The highest BCUT2D eigenvalue weighted by Gasteiger charge is 2.56. The number of hydrogen-bond acceptors (Lipinski definition) is 4. The highest BCUT2D eigenvalue weighted by molar-refractivity contribution is 6.76. The second kappa shape index (κ2) is 9.36. The van der Waals surface area contributed by atoms with E-state index in [9.17, 15) is 9.90 Å². The molecule has 1 saturated carbocycles. The third-order valence-electron chi connectivity index (χ3n) is 7.10. The third-order valence-corrected chi connectivity index (χ3v) is 8.81. The maximum Gasteiger partial charge on any atom is 0.244 e. The molecular formula is C26H36N2O3Si. The molecule has 32 heavy (non-hydrogen) atoms. The number of pyridine rings is 1. The van der Waals surface area contributed by atoms with Gasteiger partial charge < -0.3 is 9.84 Å². The number of carbonyl (C=O) groups excluding carboxylic acids is 1. The first kappa shape index (κ1) is 23.0.